The predicted octanol–water partition coefficient (Wildman–Crippen LogP) is 4.19. The van der Waals surface area contributed by atoms with E-state index in [9.17, 15) is 13.6 Å². The zero-order valence-corrected chi connectivity index (χ0v) is 10.9. The molecule has 0 amide bonds. The second kappa shape index (κ2) is 5.23. The standard InChI is InChI=1S/C8H3Br2ClF2O2/c9-4-1-3(7(11)14)2-5(6(4)10)15-8(12)13/h1-2,8H. The summed E-state index contributed by atoms with van der Waals surface area (Å²) in [5.41, 5.74) is 0.0717. The lowest BCUT2D eigenvalue weighted by Gasteiger charge is -2.09. The second-order valence-electron chi connectivity index (χ2n) is 2.42. The molecule has 0 saturated carbocycles. The number of benzene rings is 1. The summed E-state index contributed by atoms with van der Waals surface area (Å²) in [6, 6.07) is 2.54. The fraction of sp³-hybridized carbons (Fsp3) is 0.125. The first-order chi connectivity index (χ1) is 6.91. The number of carbonyl (C=O) groups excluding carboxylic acids is 1. The van der Waals surface area contributed by atoms with Gasteiger partial charge >= 0.3 is 6.61 Å². The lowest BCUT2D eigenvalue weighted by molar-refractivity contribution is -0.0504. The molecular weight excluding hydrogens is 361 g/mol. The van der Waals surface area contributed by atoms with E-state index in [1.807, 2.05) is 0 Å². The van der Waals surface area contributed by atoms with E-state index in [2.05, 4.69) is 36.6 Å². The zero-order chi connectivity index (χ0) is 11.6. The molecule has 0 N–H and O–H groups in total. The maximum absolute atomic E-state index is 12.0. The molecule has 1 aromatic carbocycles. The molecule has 0 unspecified atom stereocenters. The lowest BCUT2D eigenvalue weighted by Crippen LogP contribution is -2.04. The van der Waals surface area contributed by atoms with Gasteiger partial charge in [-0.05, 0) is 55.6 Å². The van der Waals surface area contributed by atoms with Crippen LogP contribution in [0, 0.1) is 0 Å². The van der Waals surface area contributed by atoms with Crippen LogP contribution in [0.1, 0.15) is 10.4 Å². The molecule has 15 heavy (non-hydrogen) atoms. The van der Waals surface area contributed by atoms with Crippen LogP contribution < -0.4 is 4.74 Å². The number of alkyl halides is 2. The van der Waals surface area contributed by atoms with Crippen molar-refractivity contribution in [2.24, 2.45) is 0 Å². The largest absolute Gasteiger partial charge is 0.434 e. The Morgan fingerprint density at radius 3 is 2.47 bits per heavy atom. The predicted molar refractivity (Wildman–Crippen MR) is 58.7 cm³/mol. The molecule has 82 valence electrons. The molecule has 1 rings (SSSR count). The number of carbonyl (C=O) groups is 1. The second-order valence-corrected chi connectivity index (χ2v) is 4.41. The van der Waals surface area contributed by atoms with Crippen LogP contribution in [0.5, 0.6) is 5.75 Å². The Labute approximate surface area is 106 Å². The van der Waals surface area contributed by atoms with Crippen molar-refractivity contribution in [3.8, 4) is 5.75 Å². The van der Waals surface area contributed by atoms with Crippen molar-refractivity contribution in [1.29, 1.82) is 0 Å². The molecule has 0 heterocycles. The van der Waals surface area contributed by atoms with Crippen molar-refractivity contribution in [3.05, 3.63) is 26.6 Å². The highest BCUT2D eigenvalue weighted by atomic mass is 79.9. The molecule has 0 atom stereocenters. The van der Waals surface area contributed by atoms with Gasteiger partial charge in [-0.25, -0.2) is 0 Å². The molecule has 1 aromatic rings. The van der Waals surface area contributed by atoms with Gasteiger partial charge in [-0.2, -0.15) is 8.78 Å². The molecule has 7 heteroatoms. The Hall–Kier alpha value is -0.200. The number of ether oxygens (including phenoxy) is 1. The fourth-order valence-electron chi connectivity index (χ4n) is 0.859. The fourth-order valence-corrected chi connectivity index (χ4v) is 1.73. The molecular formula is C8H3Br2ClF2O2. The Morgan fingerprint density at radius 1 is 1.40 bits per heavy atom. The average molecular weight is 364 g/mol. The first-order valence-corrected chi connectivity index (χ1v) is 5.52. The molecule has 0 saturated heterocycles. The van der Waals surface area contributed by atoms with Crippen LogP contribution in [0.15, 0.2) is 21.1 Å². The molecule has 0 aromatic heterocycles. The normalized spacial score (nSPS) is 10.5. The summed E-state index contributed by atoms with van der Waals surface area (Å²) in [6.45, 7) is -2.96. The highest BCUT2D eigenvalue weighted by molar-refractivity contribution is 9.13. The summed E-state index contributed by atoms with van der Waals surface area (Å²) in [7, 11) is 0. The quantitative estimate of drug-likeness (QED) is 0.752. The van der Waals surface area contributed by atoms with Crippen LogP contribution in [-0.2, 0) is 0 Å². The molecule has 0 radical (unpaired) electrons. The maximum atomic E-state index is 12.0. The minimum atomic E-state index is -2.96. The van der Waals surface area contributed by atoms with Crippen LogP contribution >= 0.6 is 43.5 Å². The molecule has 0 bridgehead atoms. The van der Waals surface area contributed by atoms with Crippen LogP contribution in [0.3, 0.4) is 0 Å². The summed E-state index contributed by atoms with van der Waals surface area (Å²) in [5, 5.41) is -0.748. The number of halogens is 5. The number of hydrogen-bond donors (Lipinski definition) is 0. The van der Waals surface area contributed by atoms with Gasteiger partial charge in [0, 0.05) is 10.0 Å². The SMILES string of the molecule is O=C(Cl)c1cc(Br)c(Br)c(OC(F)F)c1. The summed E-state index contributed by atoms with van der Waals surface area (Å²) >= 11 is 11.3. The van der Waals surface area contributed by atoms with Gasteiger partial charge < -0.3 is 4.74 Å². The van der Waals surface area contributed by atoms with Crippen molar-refractivity contribution in [1.82, 2.24) is 0 Å². The van der Waals surface area contributed by atoms with Crippen molar-refractivity contribution in [3.63, 3.8) is 0 Å². The molecule has 0 aliphatic heterocycles. The van der Waals surface area contributed by atoms with Crippen molar-refractivity contribution < 1.29 is 18.3 Å². The third-order valence-corrected chi connectivity index (χ3v) is 3.63. The van der Waals surface area contributed by atoms with E-state index in [0.29, 0.717) is 8.95 Å². The first kappa shape index (κ1) is 12.9. The Bertz CT molecular complexity index is 398. The van der Waals surface area contributed by atoms with Gasteiger partial charge in [0.2, 0.25) is 0 Å². The Balaban J connectivity index is 3.19. The van der Waals surface area contributed by atoms with E-state index < -0.39 is 11.9 Å². The minimum Gasteiger partial charge on any atom is -0.434 e. The van der Waals surface area contributed by atoms with Gasteiger partial charge in [-0.15, -0.1) is 0 Å². The van der Waals surface area contributed by atoms with Gasteiger partial charge in [-0.3, -0.25) is 4.79 Å². The molecule has 0 spiro atoms. The van der Waals surface area contributed by atoms with Gasteiger partial charge in [0.15, 0.2) is 0 Å². The monoisotopic (exact) mass is 362 g/mol. The molecule has 0 fully saturated rings. The van der Waals surface area contributed by atoms with E-state index in [0.717, 1.165) is 6.07 Å². The van der Waals surface area contributed by atoms with E-state index in [1.54, 1.807) is 0 Å². The Morgan fingerprint density at radius 2 is 2.00 bits per heavy atom. The zero-order valence-electron chi connectivity index (χ0n) is 6.94. The topological polar surface area (TPSA) is 26.3 Å². The van der Waals surface area contributed by atoms with E-state index in [1.165, 1.54) is 6.07 Å². The highest BCUT2D eigenvalue weighted by Gasteiger charge is 2.14. The van der Waals surface area contributed by atoms with Crippen LogP contribution in [0.25, 0.3) is 0 Å². The van der Waals surface area contributed by atoms with Crippen LogP contribution in [0.4, 0.5) is 8.78 Å². The third-order valence-electron chi connectivity index (χ3n) is 1.44. The van der Waals surface area contributed by atoms with E-state index >= 15 is 0 Å². The van der Waals surface area contributed by atoms with Crippen molar-refractivity contribution >= 4 is 48.7 Å². The number of hydrogen-bond acceptors (Lipinski definition) is 2. The van der Waals surface area contributed by atoms with Crippen molar-refractivity contribution in [2.45, 2.75) is 6.61 Å². The summed E-state index contributed by atoms with van der Waals surface area (Å²) in [6.07, 6.45) is 0. The van der Waals surface area contributed by atoms with Crippen LogP contribution in [0.2, 0.25) is 0 Å². The Kier molecular flexibility index (Phi) is 4.48. The van der Waals surface area contributed by atoms with Gasteiger partial charge in [-0.1, -0.05) is 0 Å². The van der Waals surface area contributed by atoms with Crippen LogP contribution in [-0.4, -0.2) is 11.9 Å². The number of rotatable bonds is 3. The summed E-state index contributed by atoms with van der Waals surface area (Å²) in [5.74, 6) is -0.150. The van der Waals surface area contributed by atoms with E-state index in [-0.39, 0.29) is 11.3 Å². The smallest absolute Gasteiger partial charge is 0.387 e. The van der Waals surface area contributed by atoms with Gasteiger partial charge in [0.25, 0.3) is 5.24 Å². The van der Waals surface area contributed by atoms with Gasteiger partial charge in [0.05, 0.1) is 4.47 Å². The first-order valence-electron chi connectivity index (χ1n) is 3.55. The molecule has 0 aliphatic carbocycles. The third kappa shape index (κ3) is 3.39. The lowest BCUT2D eigenvalue weighted by atomic mass is 10.2. The van der Waals surface area contributed by atoms with Crippen molar-refractivity contribution in [2.75, 3.05) is 0 Å². The molecule has 2 nitrogen and oxygen atoms in total. The molecule has 0 aliphatic rings. The average Bonchev–Trinajstić information content (AvgIpc) is 2.11. The summed E-state index contributed by atoms with van der Waals surface area (Å²) < 4.78 is 28.9. The minimum absolute atomic E-state index is 0.0717. The van der Waals surface area contributed by atoms with Gasteiger partial charge in [0.1, 0.15) is 5.75 Å². The summed E-state index contributed by atoms with van der Waals surface area (Å²) in [4.78, 5) is 10.8. The highest BCUT2D eigenvalue weighted by Crippen LogP contribution is 2.35. The maximum Gasteiger partial charge on any atom is 0.387 e. The van der Waals surface area contributed by atoms with E-state index in [4.69, 9.17) is 11.6 Å².